The maximum Gasteiger partial charge on any atom is 0.0329 e. The lowest BCUT2D eigenvalue weighted by Gasteiger charge is -2.18. The van der Waals surface area contributed by atoms with Crippen LogP contribution in [0.2, 0.25) is 0 Å². The molecule has 0 heterocycles. The molecule has 1 unspecified atom stereocenters. The fourth-order valence-electron chi connectivity index (χ4n) is 1.68. The van der Waals surface area contributed by atoms with Crippen LogP contribution in [0.3, 0.4) is 0 Å². The van der Waals surface area contributed by atoms with E-state index in [0.717, 1.165) is 17.3 Å². The number of hydrogen-bond acceptors (Lipinski definition) is 1. The number of terminal acetylenes is 1. The van der Waals surface area contributed by atoms with E-state index in [1.807, 2.05) is 7.05 Å². The largest absolute Gasteiger partial charge is 0.313 e. The highest BCUT2D eigenvalue weighted by molar-refractivity contribution is 9.10. The Labute approximate surface area is 100 Å². The minimum atomic E-state index is 0.346. The Morgan fingerprint density at radius 1 is 1.53 bits per heavy atom. The number of benzene rings is 1. The molecular formula is C13H16BrN. The van der Waals surface area contributed by atoms with E-state index >= 15 is 0 Å². The standard InChI is InChI=1S/C13H16BrN/c1-4-5-9-13(15-3)11-7-6-8-12(14)10(11)2/h1,6-8,13,15H,5,9H2,2-3H3. The summed E-state index contributed by atoms with van der Waals surface area (Å²) in [6.07, 6.45) is 7.07. The van der Waals surface area contributed by atoms with Gasteiger partial charge in [-0.3, -0.25) is 0 Å². The van der Waals surface area contributed by atoms with Crippen molar-refractivity contribution in [3.05, 3.63) is 33.8 Å². The van der Waals surface area contributed by atoms with Crippen LogP contribution in [-0.2, 0) is 0 Å². The molecule has 1 aromatic rings. The third-order valence-electron chi connectivity index (χ3n) is 2.61. The average molecular weight is 266 g/mol. The molecule has 0 saturated heterocycles. The molecule has 1 nitrogen and oxygen atoms in total. The Kier molecular flexibility index (Phi) is 4.87. The lowest BCUT2D eigenvalue weighted by molar-refractivity contribution is 0.555. The van der Waals surface area contributed by atoms with E-state index in [-0.39, 0.29) is 0 Å². The molecule has 1 atom stereocenters. The van der Waals surface area contributed by atoms with Crippen LogP contribution in [0.1, 0.15) is 30.0 Å². The number of hydrogen-bond donors (Lipinski definition) is 1. The number of nitrogens with one attached hydrogen (secondary N) is 1. The average Bonchev–Trinajstić information content (AvgIpc) is 2.25. The maximum atomic E-state index is 5.29. The summed E-state index contributed by atoms with van der Waals surface area (Å²) < 4.78 is 1.15. The first kappa shape index (κ1) is 12.3. The first-order chi connectivity index (χ1) is 7.20. The Bertz CT molecular complexity index is 365. The molecule has 80 valence electrons. The normalized spacial score (nSPS) is 12.1. The summed E-state index contributed by atoms with van der Waals surface area (Å²) in [6, 6.07) is 6.62. The zero-order valence-corrected chi connectivity index (χ0v) is 10.8. The van der Waals surface area contributed by atoms with E-state index in [2.05, 4.69) is 52.3 Å². The van der Waals surface area contributed by atoms with Crippen molar-refractivity contribution in [2.24, 2.45) is 0 Å². The second-order valence-corrected chi connectivity index (χ2v) is 4.39. The summed E-state index contributed by atoms with van der Waals surface area (Å²) in [5.41, 5.74) is 2.61. The molecule has 2 heteroatoms. The summed E-state index contributed by atoms with van der Waals surface area (Å²) in [5, 5.41) is 3.30. The number of rotatable bonds is 4. The van der Waals surface area contributed by atoms with Crippen molar-refractivity contribution in [3.63, 3.8) is 0 Å². The van der Waals surface area contributed by atoms with Crippen molar-refractivity contribution in [2.75, 3.05) is 7.05 Å². The molecule has 1 aromatic carbocycles. The fourth-order valence-corrected chi connectivity index (χ4v) is 2.07. The minimum Gasteiger partial charge on any atom is -0.313 e. The van der Waals surface area contributed by atoms with Crippen LogP contribution >= 0.6 is 15.9 Å². The van der Waals surface area contributed by atoms with E-state index in [0.29, 0.717) is 6.04 Å². The van der Waals surface area contributed by atoms with Crippen LogP contribution in [0.5, 0.6) is 0 Å². The van der Waals surface area contributed by atoms with Crippen molar-refractivity contribution in [1.29, 1.82) is 0 Å². The fraction of sp³-hybridized carbons (Fsp3) is 0.385. The third-order valence-corrected chi connectivity index (χ3v) is 3.47. The second kappa shape index (κ2) is 5.95. The van der Waals surface area contributed by atoms with Crippen LogP contribution in [-0.4, -0.2) is 7.05 Å². The van der Waals surface area contributed by atoms with Gasteiger partial charge in [0.1, 0.15) is 0 Å². The zero-order valence-electron chi connectivity index (χ0n) is 9.18. The predicted octanol–water partition coefficient (Wildman–Crippen LogP) is 3.43. The summed E-state index contributed by atoms with van der Waals surface area (Å²) in [7, 11) is 1.97. The van der Waals surface area contributed by atoms with Gasteiger partial charge in [-0.05, 0) is 37.6 Å². The van der Waals surface area contributed by atoms with Crippen LogP contribution in [0.4, 0.5) is 0 Å². The molecule has 1 rings (SSSR count). The van der Waals surface area contributed by atoms with E-state index in [1.54, 1.807) is 0 Å². The summed E-state index contributed by atoms with van der Waals surface area (Å²) >= 11 is 3.54. The molecule has 0 aliphatic rings. The van der Waals surface area contributed by atoms with Crippen LogP contribution in [0.15, 0.2) is 22.7 Å². The summed E-state index contributed by atoms with van der Waals surface area (Å²) in [5.74, 6) is 2.68. The van der Waals surface area contributed by atoms with Crippen molar-refractivity contribution in [2.45, 2.75) is 25.8 Å². The van der Waals surface area contributed by atoms with Gasteiger partial charge >= 0.3 is 0 Å². The molecule has 0 aliphatic carbocycles. The van der Waals surface area contributed by atoms with E-state index in [4.69, 9.17) is 6.42 Å². The molecule has 0 saturated carbocycles. The van der Waals surface area contributed by atoms with Gasteiger partial charge in [0.05, 0.1) is 0 Å². The van der Waals surface area contributed by atoms with E-state index in [1.165, 1.54) is 11.1 Å². The summed E-state index contributed by atoms with van der Waals surface area (Å²) in [4.78, 5) is 0. The highest BCUT2D eigenvalue weighted by atomic mass is 79.9. The van der Waals surface area contributed by atoms with Gasteiger partial charge in [0.15, 0.2) is 0 Å². The highest BCUT2D eigenvalue weighted by Crippen LogP contribution is 2.26. The number of halogens is 1. The molecule has 0 aliphatic heterocycles. The zero-order chi connectivity index (χ0) is 11.3. The molecule has 0 amide bonds. The third kappa shape index (κ3) is 3.09. The molecule has 0 radical (unpaired) electrons. The monoisotopic (exact) mass is 265 g/mol. The maximum absolute atomic E-state index is 5.29. The molecule has 0 bridgehead atoms. The van der Waals surface area contributed by atoms with Crippen LogP contribution < -0.4 is 5.32 Å². The van der Waals surface area contributed by atoms with Crippen molar-refractivity contribution in [1.82, 2.24) is 5.32 Å². The quantitative estimate of drug-likeness (QED) is 0.823. The van der Waals surface area contributed by atoms with Crippen LogP contribution in [0, 0.1) is 19.3 Å². The van der Waals surface area contributed by atoms with Gasteiger partial charge in [-0.1, -0.05) is 28.1 Å². The van der Waals surface area contributed by atoms with E-state index < -0.39 is 0 Å². The van der Waals surface area contributed by atoms with Gasteiger partial charge in [0.25, 0.3) is 0 Å². The Morgan fingerprint density at radius 3 is 2.87 bits per heavy atom. The molecule has 15 heavy (non-hydrogen) atoms. The Morgan fingerprint density at radius 2 is 2.27 bits per heavy atom. The molecular weight excluding hydrogens is 250 g/mol. The van der Waals surface area contributed by atoms with Gasteiger partial charge in [-0.2, -0.15) is 0 Å². The van der Waals surface area contributed by atoms with Gasteiger partial charge in [-0.25, -0.2) is 0 Å². The smallest absolute Gasteiger partial charge is 0.0329 e. The molecule has 1 N–H and O–H groups in total. The SMILES string of the molecule is C#CCCC(NC)c1cccc(Br)c1C. The Hall–Kier alpha value is -0.780. The van der Waals surface area contributed by atoms with Crippen LogP contribution in [0.25, 0.3) is 0 Å². The van der Waals surface area contributed by atoms with Gasteiger partial charge < -0.3 is 5.32 Å². The van der Waals surface area contributed by atoms with Gasteiger partial charge in [-0.15, -0.1) is 12.3 Å². The lowest BCUT2D eigenvalue weighted by Crippen LogP contribution is -2.17. The predicted molar refractivity (Wildman–Crippen MR) is 68.7 cm³/mol. The van der Waals surface area contributed by atoms with E-state index in [9.17, 15) is 0 Å². The first-order valence-corrected chi connectivity index (χ1v) is 5.85. The van der Waals surface area contributed by atoms with Crippen molar-refractivity contribution >= 4 is 15.9 Å². The molecule has 0 fully saturated rings. The lowest BCUT2D eigenvalue weighted by atomic mass is 9.98. The van der Waals surface area contributed by atoms with Gasteiger partial charge in [0, 0.05) is 16.9 Å². The Balaban J connectivity index is 2.92. The van der Waals surface area contributed by atoms with Gasteiger partial charge in [0.2, 0.25) is 0 Å². The first-order valence-electron chi connectivity index (χ1n) is 5.06. The second-order valence-electron chi connectivity index (χ2n) is 3.54. The summed E-state index contributed by atoms with van der Waals surface area (Å²) in [6.45, 7) is 2.12. The highest BCUT2D eigenvalue weighted by Gasteiger charge is 2.11. The van der Waals surface area contributed by atoms with Crippen molar-refractivity contribution < 1.29 is 0 Å². The molecule has 0 spiro atoms. The minimum absolute atomic E-state index is 0.346. The molecule has 0 aromatic heterocycles. The van der Waals surface area contributed by atoms with Crippen molar-refractivity contribution in [3.8, 4) is 12.3 Å². The topological polar surface area (TPSA) is 12.0 Å².